The third-order valence-electron chi connectivity index (χ3n) is 3.42. The minimum atomic E-state index is 0.398. The molecule has 94 valence electrons. The molecule has 0 aliphatic heterocycles. The second-order valence-electron chi connectivity index (χ2n) is 4.74. The first kappa shape index (κ1) is 11.7. The van der Waals surface area contributed by atoms with E-state index in [0.717, 1.165) is 23.8 Å². The van der Waals surface area contributed by atoms with Crippen LogP contribution in [0.5, 0.6) is 0 Å². The van der Waals surface area contributed by atoms with Crippen LogP contribution in [0.3, 0.4) is 0 Å². The van der Waals surface area contributed by atoms with Crippen LogP contribution < -0.4 is 0 Å². The number of aromatic nitrogens is 3. The van der Waals surface area contributed by atoms with Crippen molar-refractivity contribution in [2.24, 2.45) is 0 Å². The number of alkyl halides is 1. The zero-order valence-corrected chi connectivity index (χ0v) is 11.2. The Bertz CT molecular complexity index is 541. The van der Waals surface area contributed by atoms with Crippen LogP contribution in [-0.4, -0.2) is 14.8 Å². The molecule has 1 aromatic heterocycles. The van der Waals surface area contributed by atoms with Gasteiger partial charge in [-0.15, -0.1) is 21.8 Å². The van der Waals surface area contributed by atoms with Crippen LogP contribution in [-0.2, 0) is 12.3 Å². The lowest BCUT2D eigenvalue weighted by Crippen LogP contribution is -2.03. The Morgan fingerprint density at radius 1 is 1.22 bits per heavy atom. The molecule has 3 nitrogen and oxygen atoms in total. The maximum atomic E-state index is 5.96. The van der Waals surface area contributed by atoms with Crippen LogP contribution in [0.25, 0.3) is 5.69 Å². The fraction of sp³-hybridized carbons (Fsp3) is 0.429. The SMILES string of the molecule is CCc1ccc(-n2c(CCl)nnc2C2CC2)cc1. The Labute approximate surface area is 112 Å². The molecular weight excluding hydrogens is 246 g/mol. The molecule has 0 bridgehead atoms. The number of halogens is 1. The second kappa shape index (κ2) is 4.73. The van der Waals surface area contributed by atoms with Crippen molar-refractivity contribution < 1.29 is 0 Å². The number of nitrogens with zero attached hydrogens (tertiary/aromatic N) is 3. The predicted molar refractivity (Wildman–Crippen MR) is 72.3 cm³/mol. The van der Waals surface area contributed by atoms with Crippen LogP contribution in [0, 0.1) is 0 Å². The van der Waals surface area contributed by atoms with Crippen LogP contribution in [0.4, 0.5) is 0 Å². The van der Waals surface area contributed by atoms with Gasteiger partial charge in [0.25, 0.3) is 0 Å². The maximum absolute atomic E-state index is 5.96. The highest BCUT2D eigenvalue weighted by molar-refractivity contribution is 6.16. The zero-order chi connectivity index (χ0) is 12.5. The summed E-state index contributed by atoms with van der Waals surface area (Å²) in [5.74, 6) is 2.87. The molecule has 0 N–H and O–H groups in total. The number of hydrogen-bond donors (Lipinski definition) is 0. The van der Waals surface area contributed by atoms with Crippen molar-refractivity contribution in [3.8, 4) is 5.69 Å². The monoisotopic (exact) mass is 261 g/mol. The van der Waals surface area contributed by atoms with Gasteiger partial charge in [-0.05, 0) is 37.0 Å². The van der Waals surface area contributed by atoms with Gasteiger partial charge in [-0.3, -0.25) is 4.57 Å². The summed E-state index contributed by atoms with van der Waals surface area (Å²) in [7, 11) is 0. The molecular formula is C14H16ClN3. The molecule has 0 atom stereocenters. The Morgan fingerprint density at radius 2 is 1.94 bits per heavy atom. The smallest absolute Gasteiger partial charge is 0.152 e. The highest BCUT2D eigenvalue weighted by atomic mass is 35.5. The standard InChI is InChI=1S/C14H16ClN3/c1-2-10-3-7-12(8-4-10)18-13(9-15)16-17-14(18)11-5-6-11/h3-4,7-8,11H,2,5-6,9H2,1H3. The molecule has 1 aliphatic rings. The summed E-state index contributed by atoms with van der Waals surface area (Å²) in [6.07, 6.45) is 3.49. The molecule has 1 saturated carbocycles. The lowest BCUT2D eigenvalue weighted by molar-refractivity contribution is 0.857. The number of hydrogen-bond acceptors (Lipinski definition) is 2. The summed E-state index contributed by atoms with van der Waals surface area (Å²) in [6, 6.07) is 8.57. The average Bonchev–Trinajstić information content (AvgIpc) is 3.18. The Kier molecular flexibility index (Phi) is 3.08. The van der Waals surface area contributed by atoms with Gasteiger partial charge in [-0.1, -0.05) is 19.1 Å². The van der Waals surface area contributed by atoms with E-state index in [9.17, 15) is 0 Å². The van der Waals surface area contributed by atoms with Crippen LogP contribution in [0.15, 0.2) is 24.3 Å². The zero-order valence-electron chi connectivity index (χ0n) is 10.4. The quantitative estimate of drug-likeness (QED) is 0.790. The van der Waals surface area contributed by atoms with Crippen molar-refractivity contribution >= 4 is 11.6 Å². The van der Waals surface area contributed by atoms with Gasteiger partial charge in [-0.2, -0.15) is 0 Å². The fourth-order valence-electron chi connectivity index (χ4n) is 2.18. The van der Waals surface area contributed by atoms with Gasteiger partial charge in [-0.25, -0.2) is 0 Å². The van der Waals surface area contributed by atoms with E-state index in [1.807, 2.05) is 0 Å². The van der Waals surface area contributed by atoms with E-state index in [4.69, 9.17) is 11.6 Å². The van der Waals surface area contributed by atoms with Crippen LogP contribution >= 0.6 is 11.6 Å². The molecule has 0 amide bonds. The molecule has 18 heavy (non-hydrogen) atoms. The Hall–Kier alpha value is -1.35. The Balaban J connectivity index is 2.05. The van der Waals surface area contributed by atoms with Gasteiger partial charge < -0.3 is 0 Å². The largest absolute Gasteiger partial charge is 0.282 e. The third-order valence-corrected chi connectivity index (χ3v) is 3.66. The van der Waals surface area contributed by atoms with E-state index in [0.29, 0.717) is 11.8 Å². The van der Waals surface area contributed by atoms with E-state index in [1.54, 1.807) is 0 Å². The van der Waals surface area contributed by atoms with Gasteiger partial charge in [0.1, 0.15) is 5.82 Å². The molecule has 4 heteroatoms. The van der Waals surface area contributed by atoms with E-state index in [1.165, 1.54) is 18.4 Å². The lowest BCUT2D eigenvalue weighted by Gasteiger charge is -2.09. The fourth-order valence-corrected chi connectivity index (χ4v) is 2.36. The first-order valence-electron chi connectivity index (χ1n) is 6.43. The molecule has 0 unspecified atom stereocenters. The van der Waals surface area contributed by atoms with Crippen LogP contribution in [0.1, 0.15) is 42.9 Å². The minimum absolute atomic E-state index is 0.398. The number of aryl methyl sites for hydroxylation is 1. The summed E-state index contributed by atoms with van der Waals surface area (Å²) in [5, 5.41) is 8.49. The van der Waals surface area contributed by atoms with E-state index in [2.05, 4.69) is 46.0 Å². The van der Waals surface area contributed by atoms with Crippen molar-refractivity contribution in [1.29, 1.82) is 0 Å². The van der Waals surface area contributed by atoms with E-state index >= 15 is 0 Å². The first-order valence-corrected chi connectivity index (χ1v) is 6.96. The molecule has 3 rings (SSSR count). The number of benzene rings is 1. The molecule has 0 saturated heterocycles. The van der Waals surface area contributed by atoms with E-state index < -0.39 is 0 Å². The van der Waals surface area contributed by atoms with Crippen molar-refractivity contribution in [1.82, 2.24) is 14.8 Å². The molecule has 1 aromatic carbocycles. The molecule has 2 aromatic rings. The topological polar surface area (TPSA) is 30.7 Å². The molecule has 1 fully saturated rings. The van der Waals surface area contributed by atoms with Crippen LogP contribution in [0.2, 0.25) is 0 Å². The highest BCUT2D eigenvalue weighted by Crippen LogP contribution is 2.40. The maximum Gasteiger partial charge on any atom is 0.152 e. The van der Waals surface area contributed by atoms with Gasteiger partial charge in [0.2, 0.25) is 0 Å². The minimum Gasteiger partial charge on any atom is -0.282 e. The van der Waals surface area contributed by atoms with Gasteiger partial charge in [0.05, 0.1) is 5.88 Å². The molecule has 0 spiro atoms. The van der Waals surface area contributed by atoms with Crippen molar-refractivity contribution in [2.45, 2.75) is 38.0 Å². The van der Waals surface area contributed by atoms with Crippen molar-refractivity contribution in [3.05, 3.63) is 41.5 Å². The third kappa shape index (κ3) is 2.03. The van der Waals surface area contributed by atoms with Gasteiger partial charge in [0, 0.05) is 11.6 Å². The predicted octanol–water partition coefficient (Wildman–Crippen LogP) is 3.45. The molecule has 0 radical (unpaired) electrons. The van der Waals surface area contributed by atoms with Gasteiger partial charge >= 0.3 is 0 Å². The second-order valence-corrected chi connectivity index (χ2v) is 5.01. The van der Waals surface area contributed by atoms with Gasteiger partial charge in [0.15, 0.2) is 5.82 Å². The lowest BCUT2D eigenvalue weighted by atomic mass is 10.1. The number of rotatable bonds is 4. The van der Waals surface area contributed by atoms with E-state index in [-0.39, 0.29) is 0 Å². The summed E-state index contributed by atoms with van der Waals surface area (Å²) in [6.45, 7) is 2.16. The Morgan fingerprint density at radius 3 is 2.50 bits per heavy atom. The summed E-state index contributed by atoms with van der Waals surface area (Å²) in [4.78, 5) is 0. The highest BCUT2D eigenvalue weighted by Gasteiger charge is 2.30. The molecule has 1 heterocycles. The first-order chi connectivity index (χ1) is 8.83. The van der Waals surface area contributed by atoms with Crippen molar-refractivity contribution in [3.63, 3.8) is 0 Å². The summed E-state index contributed by atoms with van der Waals surface area (Å²) < 4.78 is 2.12. The summed E-state index contributed by atoms with van der Waals surface area (Å²) in [5.41, 5.74) is 2.46. The molecule has 1 aliphatic carbocycles. The van der Waals surface area contributed by atoms with Crippen molar-refractivity contribution in [2.75, 3.05) is 0 Å². The summed E-state index contributed by atoms with van der Waals surface area (Å²) >= 11 is 5.96. The average molecular weight is 262 g/mol. The normalized spacial score (nSPS) is 15.0.